The van der Waals surface area contributed by atoms with Crippen LogP contribution in [0.1, 0.15) is 22.2 Å². The molecule has 8 heteroatoms. The third-order valence-electron chi connectivity index (χ3n) is 3.41. The molecule has 0 spiro atoms. The van der Waals surface area contributed by atoms with E-state index in [0.29, 0.717) is 31.1 Å². The van der Waals surface area contributed by atoms with Crippen molar-refractivity contribution >= 4 is 57.5 Å². The van der Waals surface area contributed by atoms with Gasteiger partial charge in [-0.1, -0.05) is 35.3 Å². The van der Waals surface area contributed by atoms with E-state index in [1.165, 1.54) is 22.7 Å². The van der Waals surface area contributed by atoms with Crippen LogP contribution in [0.15, 0.2) is 46.2 Å². The number of nitrogens with zero attached hydrogens (tertiary/aromatic N) is 1. The second kappa shape index (κ2) is 7.58. The van der Waals surface area contributed by atoms with E-state index in [1.54, 1.807) is 42.6 Å². The molecular weight excluding hydrogens is 399 g/mol. The number of rotatable bonds is 4. The van der Waals surface area contributed by atoms with Gasteiger partial charge in [0.2, 0.25) is 0 Å². The number of hydrogen-bond donors (Lipinski definition) is 2. The largest absolute Gasteiger partial charge is 0.506 e. The number of thiophene rings is 2. The average Bonchev–Trinajstić information content (AvgIpc) is 3.25. The molecule has 0 bridgehead atoms. The third kappa shape index (κ3) is 3.88. The van der Waals surface area contributed by atoms with Crippen molar-refractivity contribution in [3.05, 3.63) is 61.6 Å². The highest BCUT2D eigenvalue weighted by Crippen LogP contribution is 2.40. The highest BCUT2D eigenvalue weighted by atomic mass is 35.5. The fraction of sp³-hybridized carbons (Fsp3) is 0.0588. The quantitative estimate of drug-likeness (QED) is 0.431. The minimum Gasteiger partial charge on any atom is -0.506 e. The number of carbonyl (C=O) groups excluding carboxylic acids is 1. The zero-order valence-electron chi connectivity index (χ0n) is 12.9. The van der Waals surface area contributed by atoms with E-state index >= 15 is 0 Å². The smallest absolute Gasteiger partial charge is 0.281 e. The van der Waals surface area contributed by atoms with E-state index in [9.17, 15) is 9.90 Å². The zero-order chi connectivity index (χ0) is 18.0. The van der Waals surface area contributed by atoms with Gasteiger partial charge in [-0.05, 0) is 36.1 Å². The second-order valence-electron chi connectivity index (χ2n) is 5.07. The first-order valence-electron chi connectivity index (χ1n) is 7.11. The number of halogens is 2. The van der Waals surface area contributed by atoms with Crippen molar-refractivity contribution in [2.24, 2.45) is 5.10 Å². The lowest BCUT2D eigenvalue weighted by atomic mass is 10.1. The molecule has 3 rings (SSSR count). The Hall–Kier alpha value is -1.86. The van der Waals surface area contributed by atoms with Crippen LogP contribution in [0.4, 0.5) is 0 Å². The summed E-state index contributed by atoms with van der Waals surface area (Å²) in [4.78, 5) is 13.2. The average molecular weight is 411 g/mol. The molecule has 3 aromatic rings. The van der Waals surface area contributed by atoms with Gasteiger partial charge >= 0.3 is 0 Å². The number of aromatic hydroxyl groups is 1. The van der Waals surface area contributed by atoms with Crippen molar-refractivity contribution in [2.45, 2.75) is 6.92 Å². The maximum atomic E-state index is 11.9. The van der Waals surface area contributed by atoms with Crippen LogP contribution < -0.4 is 5.43 Å². The van der Waals surface area contributed by atoms with Crippen LogP contribution in [0.2, 0.25) is 10.0 Å². The fourth-order valence-electron chi connectivity index (χ4n) is 2.11. The summed E-state index contributed by atoms with van der Waals surface area (Å²) in [7, 11) is 0. The number of benzene rings is 1. The van der Waals surface area contributed by atoms with Crippen molar-refractivity contribution in [2.75, 3.05) is 0 Å². The predicted octanol–water partition coefficient (Wildman–Crippen LogP) is 5.64. The number of carbonyl (C=O) groups is 1. The minimum absolute atomic E-state index is 0.0926. The molecule has 4 nitrogen and oxygen atoms in total. The molecule has 0 aliphatic carbocycles. The van der Waals surface area contributed by atoms with Gasteiger partial charge in [0.25, 0.3) is 5.91 Å². The van der Waals surface area contributed by atoms with Crippen LogP contribution in [0.5, 0.6) is 5.75 Å². The Morgan fingerprint density at radius 1 is 1.20 bits per heavy atom. The lowest BCUT2D eigenvalue weighted by Crippen LogP contribution is -2.18. The van der Waals surface area contributed by atoms with Gasteiger partial charge in [0.15, 0.2) is 0 Å². The molecule has 2 aromatic heterocycles. The first kappa shape index (κ1) is 17.9. The summed E-state index contributed by atoms with van der Waals surface area (Å²) in [5, 5.41) is 19.1. The van der Waals surface area contributed by atoms with E-state index in [2.05, 4.69) is 10.5 Å². The highest BCUT2D eigenvalue weighted by Gasteiger charge is 2.16. The maximum absolute atomic E-state index is 11.9. The van der Waals surface area contributed by atoms with E-state index in [0.717, 1.165) is 5.56 Å². The number of amides is 1. The molecule has 0 aliphatic rings. The van der Waals surface area contributed by atoms with Crippen LogP contribution >= 0.6 is 45.9 Å². The standard InChI is InChI=1S/C17H12Cl2N2O2S2/c1-9(20-21-17(23)14-3-2-6-24-14)11-8-25-16(15(11)22)10-4-5-12(18)13(19)7-10/h2-8,22H,1H3,(H,21,23)/b20-9+. The number of hydrazone groups is 1. The van der Waals surface area contributed by atoms with E-state index in [4.69, 9.17) is 23.2 Å². The Morgan fingerprint density at radius 2 is 2.00 bits per heavy atom. The monoisotopic (exact) mass is 410 g/mol. The van der Waals surface area contributed by atoms with Gasteiger partial charge in [0, 0.05) is 5.38 Å². The lowest BCUT2D eigenvalue weighted by Gasteiger charge is -2.04. The number of hydrogen-bond acceptors (Lipinski definition) is 5. The van der Waals surface area contributed by atoms with Crippen LogP contribution in [-0.4, -0.2) is 16.7 Å². The van der Waals surface area contributed by atoms with Gasteiger partial charge in [0.1, 0.15) is 5.75 Å². The van der Waals surface area contributed by atoms with Gasteiger partial charge in [-0.3, -0.25) is 4.79 Å². The molecule has 0 unspecified atom stereocenters. The molecule has 1 aromatic carbocycles. The van der Waals surface area contributed by atoms with Crippen molar-refractivity contribution in [1.29, 1.82) is 0 Å². The molecule has 25 heavy (non-hydrogen) atoms. The molecule has 0 saturated carbocycles. The maximum Gasteiger partial charge on any atom is 0.281 e. The molecule has 2 N–H and O–H groups in total. The molecular formula is C17H12Cl2N2O2S2. The second-order valence-corrected chi connectivity index (χ2v) is 7.71. The normalized spacial score (nSPS) is 11.6. The van der Waals surface area contributed by atoms with E-state index in [1.807, 2.05) is 5.38 Å². The summed E-state index contributed by atoms with van der Waals surface area (Å²) in [5.41, 5.74) is 4.31. The van der Waals surface area contributed by atoms with Gasteiger partial charge in [-0.25, -0.2) is 5.43 Å². The van der Waals surface area contributed by atoms with Crippen molar-refractivity contribution in [3.8, 4) is 16.2 Å². The van der Waals surface area contributed by atoms with Crippen molar-refractivity contribution in [3.63, 3.8) is 0 Å². The molecule has 0 fully saturated rings. The van der Waals surface area contributed by atoms with Gasteiger partial charge in [-0.2, -0.15) is 5.10 Å². The lowest BCUT2D eigenvalue weighted by molar-refractivity contribution is 0.0959. The first-order valence-corrected chi connectivity index (χ1v) is 9.63. The molecule has 1 amide bonds. The van der Waals surface area contributed by atoms with Gasteiger partial charge in [-0.15, -0.1) is 22.7 Å². The Labute approximate surface area is 162 Å². The third-order valence-corrected chi connectivity index (χ3v) is 6.03. The van der Waals surface area contributed by atoms with Crippen molar-refractivity contribution < 1.29 is 9.90 Å². The fourth-order valence-corrected chi connectivity index (χ4v) is 4.02. The predicted molar refractivity (Wildman–Crippen MR) is 105 cm³/mol. The molecule has 2 heterocycles. The molecule has 128 valence electrons. The van der Waals surface area contributed by atoms with Crippen LogP contribution in [-0.2, 0) is 0 Å². The summed E-state index contributed by atoms with van der Waals surface area (Å²) >= 11 is 14.7. The molecule has 0 atom stereocenters. The molecule has 0 radical (unpaired) electrons. The Bertz CT molecular complexity index is 950. The van der Waals surface area contributed by atoms with Crippen LogP contribution in [0.25, 0.3) is 10.4 Å². The topological polar surface area (TPSA) is 61.7 Å². The molecule has 0 saturated heterocycles. The van der Waals surface area contributed by atoms with Gasteiger partial charge in [0.05, 0.1) is 31.1 Å². The summed E-state index contributed by atoms with van der Waals surface area (Å²) < 4.78 is 0. The SMILES string of the molecule is C/C(=N\NC(=O)c1cccs1)c1csc(-c2ccc(Cl)c(Cl)c2)c1O. The van der Waals surface area contributed by atoms with Crippen LogP contribution in [0, 0.1) is 0 Å². The van der Waals surface area contributed by atoms with E-state index < -0.39 is 0 Å². The van der Waals surface area contributed by atoms with Crippen LogP contribution in [0.3, 0.4) is 0 Å². The van der Waals surface area contributed by atoms with Crippen molar-refractivity contribution in [1.82, 2.24) is 5.43 Å². The Kier molecular flexibility index (Phi) is 5.44. The summed E-state index contributed by atoms with van der Waals surface area (Å²) in [5.74, 6) is -0.191. The van der Waals surface area contributed by atoms with Gasteiger partial charge < -0.3 is 5.11 Å². The summed E-state index contributed by atoms with van der Waals surface area (Å²) in [6.45, 7) is 1.72. The number of nitrogens with one attached hydrogen (secondary N) is 1. The molecule has 0 aliphatic heterocycles. The Balaban J connectivity index is 1.83. The van der Waals surface area contributed by atoms with E-state index in [-0.39, 0.29) is 11.7 Å². The Morgan fingerprint density at radius 3 is 2.68 bits per heavy atom. The minimum atomic E-state index is -0.284. The highest BCUT2D eigenvalue weighted by molar-refractivity contribution is 7.14. The summed E-state index contributed by atoms with van der Waals surface area (Å²) in [6.07, 6.45) is 0. The first-order chi connectivity index (χ1) is 12.0. The zero-order valence-corrected chi connectivity index (χ0v) is 16.1. The summed E-state index contributed by atoms with van der Waals surface area (Å²) in [6, 6.07) is 8.68.